The van der Waals surface area contributed by atoms with Gasteiger partial charge in [0.25, 0.3) is 0 Å². The third-order valence-corrected chi connectivity index (χ3v) is 5.53. The van der Waals surface area contributed by atoms with Crippen LogP contribution in [0.15, 0.2) is 4.99 Å². The van der Waals surface area contributed by atoms with Crippen molar-refractivity contribution in [1.82, 2.24) is 5.32 Å². The van der Waals surface area contributed by atoms with Crippen molar-refractivity contribution in [2.45, 2.75) is 46.5 Å². The summed E-state index contributed by atoms with van der Waals surface area (Å²) in [6.45, 7) is 9.10. The Morgan fingerprint density at radius 3 is 2.76 bits per heavy atom. The van der Waals surface area contributed by atoms with Gasteiger partial charge in [0.1, 0.15) is 0 Å². The van der Waals surface area contributed by atoms with Gasteiger partial charge in [-0.3, -0.25) is 4.99 Å². The van der Waals surface area contributed by atoms with E-state index in [9.17, 15) is 0 Å². The van der Waals surface area contributed by atoms with Crippen molar-refractivity contribution in [3.8, 4) is 0 Å². The molecule has 0 saturated heterocycles. The van der Waals surface area contributed by atoms with Crippen LogP contribution >= 0.6 is 11.8 Å². The third kappa shape index (κ3) is 3.90. The van der Waals surface area contributed by atoms with E-state index < -0.39 is 0 Å². The van der Waals surface area contributed by atoms with Crippen molar-refractivity contribution in [3.63, 3.8) is 0 Å². The molecule has 1 saturated carbocycles. The Kier molecular flexibility index (Phi) is 4.40. The molecule has 2 aliphatic rings. The van der Waals surface area contributed by atoms with Crippen LogP contribution in [0.4, 0.5) is 0 Å². The summed E-state index contributed by atoms with van der Waals surface area (Å²) >= 11 is 1.90. The molecule has 0 bridgehead atoms. The Bertz CT molecular complexity index is 286. The van der Waals surface area contributed by atoms with Crippen molar-refractivity contribution in [3.05, 3.63) is 0 Å². The Balaban J connectivity index is 1.77. The summed E-state index contributed by atoms with van der Waals surface area (Å²) in [7, 11) is 0. The van der Waals surface area contributed by atoms with E-state index in [1.165, 1.54) is 36.6 Å². The van der Waals surface area contributed by atoms with Crippen LogP contribution in [0.5, 0.6) is 0 Å². The van der Waals surface area contributed by atoms with E-state index in [1.807, 2.05) is 11.8 Å². The zero-order valence-corrected chi connectivity index (χ0v) is 12.3. The smallest absolute Gasteiger partial charge is 0.156 e. The maximum Gasteiger partial charge on any atom is 0.156 e. The van der Waals surface area contributed by atoms with Crippen molar-refractivity contribution < 1.29 is 0 Å². The van der Waals surface area contributed by atoms with Crippen molar-refractivity contribution in [2.24, 2.45) is 22.2 Å². The standard InChI is InChI=1S/C14H26N2S/c1-11-6-4-5-7-12(11)8-15-13-16-9-14(2,3)10-17-13/h11-12H,4-10H2,1-3H3,(H,15,16). The average Bonchev–Trinajstić information content (AvgIpc) is 2.30. The quantitative estimate of drug-likeness (QED) is 0.815. The van der Waals surface area contributed by atoms with Crippen LogP contribution in [0.25, 0.3) is 0 Å². The first-order chi connectivity index (χ1) is 8.07. The van der Waals surface area contributed by atoms with E-state index in [1.54, 1.807) is 0 Å². The molecular formula is C14H26N2S. The molecule has 1 aliphatic heterocycles. The van der Waals surface area contributed by atoms with E-state index in [0.717, 1.165) is 24.9 Å². The Morgan fingerprint density at radius 1 is 1.35 bits per heavy atom. The summed E-state index contributed by atoms with van der Waals surface area (Å²) in [4.78, 5) is 4.66. The minimum Gasteiger partial charge on any atom is -0.365 e. The lowest BCUT2D eigenvalue weighted by Crippen LogP contribution is -2.36. The van der Waals surface area contributed by atoms with Crippen LogP contribution in [-0.2, 0) is 0 Å². The van der Waals surface area contributed by atoms with E-state index in [0.29, 0.717) is 5.41 Å². The fourth-order valence-corrected chi connectivity index (χ4v) is 3.62. The van der Waals surface area contributed by atoms with Gasteiger partial charge >= 0.3 is 0 Å². The molecule has 0 amide bonds. The molecule has 2 atom stereocenters. The van der Waals surface area contributed by atoms with Crippen molar-refractivity contribution in [2.75, 3.05) is 18.8 Å². The number of hydrogen-bond donors (Lipinski definition) is 1. The van der Waals surface area contributed by atoms with Gasteiger partial charge in [0.15, 0.2) is 5.17 Å². The molecular weight excluding hydrogens is 228 g/mol. The summed E-state index contributed by atoms with van der Waals surface area (Å²) in [5.74, 6) is 2.95. The van der Waals surface area contributed by atoms with Crippen LogP contribution in [-0.4, -0.2) is 24.0 Å². The molecule has 1 fully saturated rings. The van der Waals surface area contributed by atoms with Crippen molar-refractivity contribution in [1.29, 1.82) is 0 Å². The summed E-state index contributed by atoms with van der Waals surface area (Å²) in [6.07, 6.45) is 5.67. The lowest BCUT2D eigenvalue weighted by atomic mass is 9.80. The van der Waals surface area contributed by atoms with Crippen LogP contribution in [0.2, 0.25) is 0 Å². The largest absolute Gasteiger partial charge is 0.365 e. The SMILES string of the molecule is CC1CCCCC1CNC1=NCC(C)(C)CS1. The summed E-state index contributed by atoms with van der Waals surface area (Å²) in [5, 5.41) is 4.75. The molecule has 2 rings (SSSR count). The fraction of sp³-hybridized carbons (Fsp3) is 0.929. The highest BCUT2D eigenvalue weighted by atomic mass is 32.2. The highest BCUT2D eigenvalue weighted by molar-refractivity contribution is 8.13. The number of thioether (sulfide) groups is 1. The lowest BCUT2D eigenvalue weighted by Gasteiger charge is -2.31. The van der Waals surface area contributed by atoms with Gasteiger partial charge in [-0.05, 0) is 23.7 Å². The van der Waals surface area contributed by atoms with Crippen LogP contribution in [0, 0.1) is 17.3 Å². The summed E-state index contributed by atoms with van der Waals surface area (Å²) in [6, 6.07) is 0. The lowest BCUT2D eigenvalue weighted by molar-refractivity contribution is 0.257. The summed E-state index contributed by atoms with van der Waals surface area (Å²) in [5.41, 5.74) is 0.383. The normalized spacial score (nSPS) is 33.0. The van der Waals surface area contributed by atoms with Gasteiger partial charge in [-0.15, -0.1) is 0 Å². The van der Waals surface area contributed by atoms with Gasteiger partial charge in [0, 0.05) is 18.8 Å². The zero-order chi connectivity index (χ0) is 12.3. The van der Waals surface area contributed by atoms with Crippen LogP contribution < -0.4 is 5.32 Å². The van der Waals surface area contributed by atoms with E-state index in [4.69, 9.17) is 0 Å². The van der Waals surface area contributed by atoms with Gasteiger partial charge in [0.05, 0.1) is 0 Å². The van der Waals surface area contributed by atoms with Gasteiger partial charge < -0.3 is 5.32 Å². The first kappa shape index (κ1) is 13.3. The fourth-order valence-electron chi connectivity index (χ4n) is 2.66. The topological polar surface area (TPSA) is 24.4 Å². The molecule has 1 aliphatic carbocycles. The van der Waals surface area contributed by atoms with Gasteiger partial charge in [-0.1, -0.05) is 51.8 Å². The number of aliphatic imine (C=N–C) groups is 1. The molecule has 0 aromatic heterocycles. The van der Waals surface area contributed by atoms with E-state index in [-0.39, 0.29) is 0 Å². The van der Waals surface area contributed by atoms with Gasteiger partial charge in [-0.25, -0.2) is 0 Å². The minimum atomic E-state index is 0.383. The average molecular weight is 254 g/mol. The third-order valence-electron chi connectivity index (χ3n) is 4.05. The van der Waals surface area contributed by atoms with Crippen LogP contribution in [0.3, 0.4) is 0 Å². The number of rotatable bonds is 2. The molecule has 2 nitrogen and oxygen atoms in total. The number of nitrogens with zero attached hydrogens (tertiary/aromatic N) is 1. The predicted octanol–water partition coefficient (Wildman–Crippen LogP) is 3.53. The second-order valence-corrected chi connectivity index (χ2v) is 7.44. The first-order valence-electron chi connectivity index (χ1n) is 6.98. The van der Waals surface area contributed by atoms with Crippen molar-refractivity contribution >= 4 is 16.9 Å². The van der Waals surface area contributed by atoms with Gasteiger partial charge in [-0.2, -0.15) is 0 Å². The molecule has 0 aromatic rings. The number of amidine groups is 1. The Labute approximate surface area is 110 Å². The maximum atomic E-state index is 4.66. The molecule has 17 heavy (non-hydrogen) atoms. The van der Waals surface area contributed by atoms with E-state index >= 15 is 0 Å². The van der Waals surface area contributed by atoms with E-state index in [2.05, 4.69) is 31.1 Å². The first-order valence-corrected chi connectivity index (χ1v) is 7.96. The highest BCUT2D eigenvalue weighted by Crippen LogP contribution is 2.30. The van der Waals surface area contributed by atoms with Crippen LogP contribution in [0.1, 0.15) is 46.5 Å². The Morgan fingerprint density at radius 2 is 2.12 bits per heavy atom. The molecule has 3 heteroatoms. The molecule has 98 valence electrons. The molecule has 1 N–H and O–H groups in total. The molecule has 2 unspecified atom stereocenters. The van der Waals surface area contributed by atoms with Gasteiger partial charge in [0.2, 0.25) is 0 Å². The molecule has 0 radical (unpaired) electrons. The molecule has 0 aromatic carbocycles. The number of hydrogen-bond acceptors (Lipinski definition) is 3. The maximum absolute atomic E-state index is 4.66. The minimum absolute atomic E-state index is 0.383. The second kappa shape index (κ2) is 5.64. The number of nitrogens with one attached hydrogen (secondary N) is 1. The monoisotopic (exact) mass is 254 g/mol. The summed E-state index contributed by atoms with van der Waals surface area (Å²) < 4.78 is 0. The Hall–Kier alpha value is -0.180. The second-order valence-electron chi connectivity index (χ2n) is 6.48. The molecule has 0 spiro atoms. The molecule has 1 heterocycles. The zero-order valence-electron chi connectivity index (χ0n) is 11.5. The predicted molar refractivity (Wildman–Crippen MR) is 77.7 cm³/mol. The highest BCUT2D eigenvalue weighted by Gasteiger charge is 2.25.